The average Bonchev–Trinajstić information content (AvgIpc) is 2.39. The molecule has 2 aromatic rings. The Kier molecular flexibility index (Phi) is 3.54. The molecule has 0 atom stereocenters. The molecule has 1 aromatic carbocycles. The van der Waals surface area contributed by atoms with Crippen LogP contribution >= 0.6 is 0 Å². The number of aromatic nitrogens is 1. The van der Waals surface area contributed by atoms with Gasteiger partial charge in [-0.1, -0.05) is 12.1 Å². The lowest BCUT2D eigenvalue weighted by atomic mass is 10.2. The summed E-state index contributed by atoms with van der Waals surface area (Å²) >= 11 is 0. The molecule has 1 amide bonds. The second-order valence-electron chi connectivity index (χ2n) is 3.75. The maximum Gasteiger partial charge on any atom is 0.252 e. The van der Waals surface area contributed by atoms with Crippen molar-refractivity contribution >= 4 is 17.4 Å². The molecule has 0 unspecified atom stereocenters. The Bertz CT molecular complexity index is 570. The number of nitrogens with two attached hydrogens (primary N) is 1. The van der Waals surface area contributed by atoms with Gasteiger partial charge >= 0.3 is 0 Å². The Morgan fingerprint density at radius 3 is 2.89 bits per heavy atom. The number of anilines is 2. The molecule has 0 fully saturated rings. The number of carbonyl (C=O) groups is 1. The fourth-order valence-corrected chi connectivity index (χ4v) is 1.59. The lowest BCUT2D eigenvalue weighted by Gasteiger charge is -2.09. The van der Waals surface area contributed by atoms with Crippen LogP contribution in [0.3, 0.4) is 0 Å². The molecule has 5 heteroatoms. The van der Waals surface area contributed by atoms with E-state index in [4.69, 9.17) is 10.8 Å². The largest absolute Gasteiger partial charge is 0.392 e. The van der Waals surface area contributed by atoms with E-state index in [2.05, 4.69) is 10.3 Å². The molecular formula is C13H13N3O2. The number of nitrogens with zero attached hydrogens (tertiary/aromatic N) is 1. The van der Waals surface area contributed by atoms with Crippen molar-refractivity contribution in [3.63, 3.8) is 0 Å². The number of benzene rings is 1. The van der Waals surface area contributed by atoms with Gasteiger partial charge < -0.3 is 16.2 Å². The first-order valence-electron chi connectivity index (χ1n) is 5.42. The number of amides is 1. The Morgan fingerprint density at radius 1 is 1.33 bits per heavy atom. The van der Waals surface area contributed by atoms with Gasteiger partial charge in [0.2, 0.25) is 0 Å². The number of rotatable bonds is 4. The van der Waals surface area contributed by atoms with Crippen LogP contribution in [0.25, 0.3) is 0 Å². The molecule has 0 saturated heterocycles. The van der Waals surface area contributed by atoms with Crippen molar-refractivity contribution in [3.8, 4) is 0 Å². The van der Waals surface area contributed by atoms with E-state index < -0.39 is 5.91 Å². The molecule has 1 aromatic heterocycles. The Balaban J connectivity index is 2.31. The van der Waals surface area contributed by atoms with Gasteiger partial charge in [0.15, 0.2) is 0 Å². The summed E-state index contributed by atoms with van der Waals surface area (Å²) in [5.74, 6) is -0.135. The number of pyridine rings is 1. The second-order valence-corrected chi connectivity index (χ2v) is 3.75. The molecule has 0 spiro atoms. The van der Waals surface area contributed by atoms with Gasteiger partial charge in [0.05, 0.1) is 12.2 Å². The highest BCUT2D eigenvalue weighted by atomic mass is 16.3. The lowest BCUT2D eigenvalue weighted by Crippen LogP contribution is -2.14. The zero-order valence-electron chi connectivity index (χ0n) is 9.63. The molecule has 92 valence electrons. The van der Waals surface area contributed by atoms with Crippen LogP contribution in [0.4, 0.5) is 11.5 Å². The van der Waals surface area contributed by atoms with Crippen molar-refractivity contribution in [1.29, 1.82) is 0 Å². The third kappa shape index (κ3) is 2.64. The molecule has 5 nitrogen and oxygen atoms in total. The number of hydrogen-bond donors (Lipinski definition) is 3. The molecule has 0 aliphatic heterocycles. The molecule has 4 N–H and O–H groups in total. The van der Waals surface area contributed by atoms with Crippen molar-refractivity contribution in [2.24, 2.45) is 5.73 Å². The average molecular weight is 243 g/mol. The van der Waals surface area contributed by atoms with Crippen molar-refractivity contribution in [3.05, 3.63) is 53.7 Å². The lowest BCUT2D eigenvalue weighted by molar-refractivity contribution is 0.100. The summed E-state index contributed by atoms with van der Waals surface area (Å²) in [5, 5.41) is 12.1. The monoisotopic (exact) mass is 243 g/mol. The van der Waals surface area contributed by atoms with Gasteiger partial charge in [0.25, 0.3) is 5.91 Å². The Morgan fingerprint density at radius 2 is 2.17 bits per heavy atom. The Labute approximate surface area is 104 Å². The molecule has 2 rings (SSSR count). The minimum absolute atomic E-state index is 0.0413. The number of hydrogen-bond acceptors (Lipinski definition) is 4. The standard InChI is InChI=1S/C13H13N3O2/c14-12(18)11-5-2-6-15-13(11)16-10-4-1-3-9(7-10)8-17/h1-7,17H,8H2,(H2,14,18)(H,15,16). The summed E-state index contributed by atoms with van der Waals surface area (Å²) in [6, 6.07) is 10.5. The summed E-state index contributed by atoms with van der Waals surface area (Å²) in [7, 11) is 0. The fourth-order valence-electron chi connectivity index (χ4n) is 1.59. The molecule has 0 aliphatic carbocycles. The van der Waals surface area contributed by atoms with Crippen LogP contribution < -0.4 is 11.1 Å². The highest BCUT2D eigenvalue weighted by Gasteiger charge is 2.08. The maximum absolute atomic E-state index is 11.2. The summed E-state index contributed by atoms with van der Waals surface area (Å²) in [6.45, 7) is -0.0413. The summed E-state index contributed by atoms with van der Waals surface area (Å²) in [4.78, 5) is 15.3. The summed E-state index contributed by atoms with van der Waals surface area (Å²) in [6.07, 6.45) is 1.57. The van der Waals surface area contributed by atoms with Crippen LogP contribution in [0.5, 0.6) is 0 Å². The van der Waals surface area contributed by atoms with Crippen molar-refractivity contribution in [2.75, 3.05) is 5.32 Å². The van der Waals surface area contributed by atoms with Gasteiger partial charge in [-0.2, -0.15) is 0 Å². The van der Waals surface area contributed by atoms with Gasteiger partial charge in [-0.05, 0) is 29.8 Å². The molecule has 18 heavy (non-hydrogen) atoms. The van der Waals surface area contributed by atoms with Crippen molar-refractivity contribution in [1.82, 2.24) is 4.98 Å². The maximum atomic E-state index is 11.2. The minimum atomic E-state index is -0.538. The molecule has 0 saturated carbocycles. The second kappa shape index (κ2) is 5.29. The minimum Gasteiger partial charge on any atom is -0.392 e. The zero-order valence-corrected chi connectivity index (χ0v) is 9.63. The van der Waals surface area contributed by atoms with E-state index in [0.29, 0.717) is 11.4 Å². The van der Waals surface area contributed by atoms with Gasteiger partial charge in [-0.15, -0.1) is 0 Å². The smallest absolute Gasteiger partial charge is 0.252 e. The van der Waals surface area contributed by atoms with Gasteiger partial charge in [-0.25, -0.2) is 4.98 Å². The van der Waals surface area contributed by atoms with E-state index in [9.17, 15) is 4.79 Å². The van der Waals surface area contributed by atoms with E-state index in [-0.39, 0.29) is 6.61 Å². The van der Waals surface area contributed by atoms with Crippen molar-refractivity contribution in [2.45, 2.75) is 6.61 Å². The van der Waals surface area contributed by atoms with E-state index in [1.54, 1.807) is 36.5 Å². The van der Waals surface area contributed by atoms with Crippen LogP contribution in [-0.4, -0.2) is 16.0 Å². The number of aliphatic hydroxyl groups excluding tert-OH is 1. The molecule has 0 bridgehead atoms. The van der Waals surface area contributed by atoms with E-state index in [0.717, 1.165) is 11.3 Å². The normalized spacial score (nSPS) is 10.1. The van der Waals surface area contributed by atoms with Crippen LogP contribution in [0, 0.1) is 0 Å². The van der Waals surface area contributed by atoms with Crippen molar-refractivity contribution < 1.29 is 9.90 Å². The first-order chi connectivity index (χ1) is 8.70. The van der Waals surface area contributed by atoms with Gasteiger partial charge in [-0.3, -0.25) is 4.79 Å². The first-order valence-corrected chi connectivity index (χ1v) is 5.42. The number of aliphatic hydroxyl groups is 1. The van der Waals surface area contributed by atoms with Crippen LogP contribution in [-0.2, 0) is 6.61 Å². The zero-order chi connectivity index (χ0) is 13.0. The predicted octanol–water partition coefficient (Wildman–Crippen LogP) is 1.42. The Hall–Kier alpha value is -2.40. The van der Waals surface area contributed by atoms with Gasteiger partial charge in [0.1, 0.15) is 5.82 Å². The number of primary amides is 1. The number of carbonyl (C=O) groups excluding carboxylic acids is 1. The third-order valence-corrected chi connectivity index (χ3v) is 2.45. The highest BCUT2D eigenvalue weighted by molar-refractivity contribution is 5.98. The summed E-state index contributed by atoms with van der Waals surface area (Å²) < 4.78 is 0. The predicted molar refractivity (Wildman–Crippen MR) is 68.4 cm³/mol. The van der Waals surface area contributed by atoms with Crippen LogP contribution in [0.1, 0.15) is 15.9 Å². The first kappa shape index (κ1) is 12.1. The molecular weight excluding hydrogens is 230 g/mol. The quantitative estimate of drug-likeness (QED) is 0.757. The van der Waals surface area contributed by atoms with E-state index in [1.807, 2.05) is 6.07 Å². The van der Waals surface area contributed by atoms with Crippen LogP contribution in [0.15, 0.2) is 42.6 Å². The third-order valence-electron chi connectivity index (χ3n) is 2.45. The summed E-state index contributed by atoms with van der Waals surface area (Å²) in [5.41, 5.74) is 7.10. The fraction of sp³-hybridized carbons (Fsp3) is 0.0769. The van der Waals surface area contributed by atoms with E-state index >= 15 is 0 Å². The SMILES string of the molecule is NC(=O)c1cccnc1Nc1cccc(CO)c1. The van der Waals surface area contributed by atoms with Gasteiger partial charge in [0, 0.05) is 11.9 Å². The molecule has 0 radical (unpaired) electrons. The topological polar surface area (TPSA) is 88.2 Å². The molecule has 1 heterocycles. The van der Waals surface area contributed by atoms with E-state index in [1.165, 1.54) is 0 Å². The number of nitrogens with one attached hydrogen (secondary N) is 1. The highest BCUT2D eigenvalue weighted by Crippen LogP contribution is 2.19. The molecule has 0 aliphatic rings. The van der Waals surface area contributed by atoms with Crippen LogP contribution in [0.2, 0.25) is 0 Å².